The summed E-state index contributed by atoms with van der Waals surface area (Å²) in [7, 11) is 0. The molecule has 0 aromatic carbocycles. The fourth-order valence-corrected chi connectivity index (χ4v) is 2.47. The number of nitrogens with zero attached hydrogens (tertiary/aromatic N) is 2. The second kappa shape index (κ2) is 6.33. The maximum atomic E-state index is 12.1. The van der Waals surface area contributed by atoms with Crippen molar-refractivity contribution in [3.63, 3.8) is 0 Å². The standard InChI is InChI=1S/C12H23N3O2/c16-11-2-7-15(8-3-11)12(17)10-14-6-1-4-13-5-9-14/h11,13,16H,1-10H2. The first-order valence-electron chi connectivity index (χ1n) is 6.64. The van der Waals surface area contributed by atoms with Crippen LogP contribution in [0.3, 0.4) is 0 Å². The summed E-state index contributed by atoms with van der Waals surface area (Å²) in [5.74, 6) is 0.221. The summed E-state index contributed by atoms with van der Waals surface area (Å²) in [6.45, 7) is 5.97. The second-order valence-electron chi connectivity index (χ2n) is 4.99. The molecule has 17 heavy (non-hydrogen) atoms. The highest BCUT2D eigenvalue weighted by molar-refractivity contribution is 5.78. The molecule has 2 rings (SSSR count). The predicted molar refractivity (Wildman–Crippen MR) is 65.7 cm³/mol. The van der Waals surface area contributed by atoms with Gasteiger partial charge in [-0.3, -0.25) is 9.69 Å². The van der Waals surface area contributed by atoms with Crippen molar-refractivity contribution < 1.29 is 9.90 Å². The average Bonchev–Trinajstić information content (AvgIpc) is 2.58. The Kier molecular flexibility index (Phi) is 4.76. The van der Waals surface area contributed by atoms with Crippen LogP contribution < -0.4 is 5.32 Å². The summed E-state index contributed by atoms with van der Waals surface area (Å²) in [5.41, 5.74) is 0. The molecule has 0 saturated carbocycles. The number of aliphatic hydroxyl groups is 1. The van der Waals surface area contributed by atoms with E-state index in [2.05, 4.69) is 10.2 Å². The van der Waals surface area contributed by atoms with Gasteiger partial charge in [-0.1, -0.05) is 0 Å². The van der Waals surface area contributed by atoms with Crippen LogP contribution in [-0.2, 0) is 4.79 Å². The van der Waals surface area contributed by atoms with Crippen molar-refractivity contribution in [2.75, 3.05) is 45.8 Å². The van der Waals surface area contributed by atoms with Gasteiger partial charge in [0.05, 0.1) is 12.6 Å². The van der Waals surface area contributed by atoms with Gasteiger partial charge in [0.25, 0.3) is 0 Å². The van der Waals surface area contributed by atoms with E-state index in [-0.39, 0.29) is 12.0 Å². The van der Waals surface area contributed by atoms with E-state index in [1.54, 1.807) is 0 Å². The zero-order valence-corrected chi connectivity index (χ0v) is 10.4. The van der Waals surface area contributed by atoms with Crippen LogP contribution in [0.4, 0.5) is 0 Å². The Balaban J connectivity index is 1.75. The molecular weight excluding hydrogens is 218 g/mol. The molecule has 2 saturated heterocycles. The number of carbonyl (C=O) groups is 1. The number of amides is 1. The minimum atomic E-state index is -0.207. The average molecular weight is 241 g/mol. The number of nitrogens with one attached hydrogen (secondary N) is 1. The number of carbonyl (C=O) groups excluding carboxylic acids is 1. The van der Waals surface area contributed by atoms with Crippen molar-refractivity contribution in [3.8, 4) is 0 Å². The highest BCUT2D eigenvalue weighted by Crippen LogP contribution is 2.10. The minimum Gasteiger partial charge on any atom is -0.393 e. The first-order valence-corrected chi connectivity index (χ1v) is 6.64. The van der Waals surface area contributed by atoms with Crippen molar-refractivity contribution in [1.82, 2.24) is 15.1 Å². The minimum absolute atomic E-state index is 0.207. The molecule has 2 fully saturated rings. The van der Waals surface area contributed by atoms with Crippen molar-refractivity contribution >= 4 is 5.91 Å². The maximum Gasteiger partial charge on any atom is 0.236 e. The number of aliphatic hydroxyl groups excluding tert-OH is 1. The Hall–Kier alpha value is -0.650. The summed E-state index contributed by atoms with van der Waals surface area (Å²) in [6.07, 6.45) is 2.37. The van der Waals surface area contributed by atoms with Crippen LogP contribution >= 0.6 is 0 Å². The molecule has 2 aliphatic rings. The van der Waals surface area contributed by atoms with Gasteiger partial charge in [-0.25, -0.2) is 0 Å². The van der Waals surface area contributed by atoms with Gasteiger partial charge in [0.2, 0.25) is 5.91 Å². The van der Waals surface area contributed by atoms with Crippen LogP contribution in [0.5, 0.6) is 0 Å². The first kappa shape index (κ1) is 12.8. The molecule has 98 valence electrons. The van der Waals surface area contributed by atoms with Gasteiger partial charge < -0.3 is 15.3 Å². The molecular formula is C12H23N3O2. The first-order chi connectivity index (χ1) is 8.25. The highest BCUT2D eigenvalue weighted by Gasteiger charge is 2.22. The zero-order chi connectivity index (χ0) is 12.1. The van der Waals surface area contributed by atoms with Crippen molar-refractivity contribution in [2.45, 2.75) is 25.4 Å². The summed E-state index contributed by atoms with van der Waals surface area (Å²) in [5, 5.41) is 12.7. The van der Waals surface area contributed by atoms with Gasteiger partial charge in [0, 0.05) is 26.2 Å². The monoisotopic (exact) mass is 241 g/mol. The van der Waals surface area contributed by atoms with E-state index >= 15 is 0 Å². The summed E-state index contributed by atoms with van der Waals surface area (Å²) in [4.78, 5) is 16.2. The lowest BCUT2D eigenvalue weighted by Gasteiger charge is -2.31. The molecule has 0 radical (unpaired) electrons. The lowest BCUT2D eigenvalue weighted by atomic mass is 10.1. The molecule has 0 unspecified atom stereocenters. The molecule has 1 amide bonds. The maximum absolute atomic E-state index is 12.1. The Morgan fingerprint density at radius 2 is 1.94 bits per heavy atom. The Labute approximate surface area is 103 Å². The van der Waals surface area contributed by atoms with Gasteiger partial charge in [0.1, 0.15) is 0 Å². The van der Waals surface area contributed by atoms with E-state index in [0.717, 1.165) is 45.4 Å². The van der Waals surface area contributed by atoms with Crippen molar-refractivity contribution in [1.29, 1.82) is 0 Å². The number of hydrogen-bond acceptors (Lipinski definition) is 4. The molecule has 2 heterocycles. The van der Waals surface area contributed by atoms with E-state index in [1.807, 2.05) is 4.90 Å². The van der Waals surface area contributed by atoms with E-state index in [9.17, 15) is 9.90 Å². The Morgan fingerprint density at radius 1 is 1.18 bits per heavy atom. The zero-order valence-electron chi connectivity index (χ0n) is 10.4. The number of hydrogen-bond donors (Lipinski definition) is 2. The van der Waals surface area contributed by atoms with Gasteiger partial charge in [-0.15, -0.1) is 0 Å². The third-order valence-electron chi connectivity index (χ3n) is 3.61. The van der Waals surface area contributed by atoms with Crippen LogP contribution in [0.1, 0.15) is 19.3 Å². The van der Waals surface area contributed by atoms with E-state index < -0.39 is 0 Å². The highest BCUT2D eigenvalue weighted by atomic mass is 16.3. The van der Waals surface area contributed by atoms with Crippen LogP contribution in [0.2, 0.25) is 0 Å². The lowest BCUT2D eigenvalue weighted by molar-refractivity contribution is -0.134. The molecule has 0 spiro atoms. The molecule has 0 bridgehead atoms. The van der Waals surface area contributed by atoms with Crippen LogP contribution in [0.15, 0.2) is 0 Å². The topological polar surface area (TPSA) is 55.8 Å². The third-order valence-corrected chi connectivity index (χ3v) is 3.61. The van der Waals surface area contributed by atoms with Crippen molar-refractivity contribution in [3.05, 3.63) is 0 Å². The van der Waals surface area contributed by atoms with Gasteiger partial charge in [0.15, 0.2) is 0 Å². The molecule has 0 aromatic rings. The van der Waals surface area contributed by atoms with Crippen LogP contribution in [0, 0.1) is 0 Å². The van der Waals surface area contributed by atoms with Gasteiger partial charge in [-0.2, -0.15) is 0 Å². The second-order valence-corrected chi connectivity index (χ2v) is 4.99. The molecule has 0 aromatic heterocycles. The Bertz CT molecular complexity index is 244. The third kappa shape index (κ3) is 3.94. The van der Waals surface area contributed by atoms with Crippen molar-refractivity contribution in [2.24, 2.45) is 0 Å². The number of piperidine rings is 1. The normalized spacial score (nSPS) is 24.6. The van der Waals surface area contributed by atoms with Gasteiger partial charge in [-0.05, 0) is 32.4 Å². The fraction of sp³-hybridized carbons (Fsp3) is 0.917. The SMILES string of the molecule is O=C(CN1CCCNCC1)N1CCC(O)CC1. The summed E-state index contributed by atoms with van der Waals surface area (Å²) in [6, 6.07) is 0. The number of likely N-dealkylation sites (tertiary alicyclic amines) is 1. The number of rotatable bonds is 2. The van der Waals surface area contributed by atoms with Crippen LogP contribution in [-0.4, -0.2) is 72.7 Å². The van der Waals surface area contributed by atoms with Crippen LogP contribution in [0.25, 0.3) is 0 Å². The molecule has 2 aliphatic heterocycles. The summed E-state index contributed by atoms with van der Waals surface area (Å²) < 4.78 is 0. The molecule has 2 N–H and O–H groups in total. The summed E-state index contributed by atoms with van der Waals surface area (Å²) >= 11 is 0. The largest absolute Gasteiger partial charge is 0.393 e. The van der Waals surface area contributed by atoms with E-state index in [4.69, 9.17) is 0 Å². The fourth-order valence-electron chi connectivity index (χ4n) is 2.47. The van der Waals surface area contributed by atoms with Gasteiger partial charge >= 0.3 is 0 Å². The Morgan fingerprint density at radius 3 is 2.71 bits per heavy atom. The molecule has 0 aliphatic carbocycles. The molecule has 5 heteroatoms. The smallest absolute Gasteiger partial charge is 0.236 e. The van der Waals surface area contributed by atoms with E-state index in [0.29, 0.717) is 19.6 Å². The molecule has 5 nitrogen and oxygen atoms in total. The predicted octanol–water partition coefficient (Wildman–Crippen LogP) is -0.735. The molecule has 0 atom stereocenters. The lowest BCUT2D eigenvalue weighted by Crippen LogP contribution is -2.45. The van der Waals surface area contributed by atoms with E-state index in [1.165, 1.54) is 0 Å². The quantitative estimate of drug-likeness (QED) is 0.669.